The van der Waals surface area contributed by atoms with Gasteiger partial charge in [0, 0.05) is 6.20 Å². The predicted molar refractivity (Wildman–Crippen MR) is 143 cm³/mol. The predicted octanol–water partition coefficient (Wildman–Crippen LogP) is 4.06. The standard InChI is InChI=1S/C26H33Br2NO8/c1-4-6-8-13-12(7-5-2)14(13)11-35-23-15(27)9-16-18(19(23)28)17(10-29-16)36-26-22(32)20(30)21(31)24(37-26)25(33)34-3/h4,9-10,12-14,20-22,24,26,29-32H,1,5-8,11H2,2-3H3/t12-,13+,14-,20-,21-,22+,24-,26+/m0/s1. The molecule has 8 atom stereocenters. The molecule has 1 aliphatic carbocycles. The van der Waals surface area contributed by atoms with E-state index >= 15 is 0 Å². The van der Waals surface area contributed by atoms with Crippen molar-refractivity contribution in [2.75, 3.05) is 13.7 Å². The number of benzene rings is 1. The average molecular weight is 647 g/mol. The molecule has 1 saturated carbocycles. The number of hydrogen-bond acceptors (Lipinski definition) is 8. The Kier molecular flexibility index (Phi) is 9.24. The molecule has 0 amide bonds. The summed E-state index contributed by atoms with van der Waals surface area (Å²) in [5, 5.41) is 31.5. The number of H-pyrrole nitrogens is 1. The zero-order chi connectivity index (χ0) is 26.9. The quantitative estimate of drug-likeness (QED) is 0.212. The Bertz CT molecular complexity index is 1120. The molecule has 4 rings (SSSR count). The van der Waals surface area contributed by atoms with Crippen molar-refractivity contribution in [1.29, 1.82) is 0 Å². The topological polar surface area (TPSA) is 130 Å². The molecule has 2 aromatic rings. The first-order valence-electron chi connectivity index (χ1n) is 12.4. The van der Waals surface area contributed by atoms with Crippen LogP contribution in [-0.4, -0.2) is 70.7 Å². The summed E-state index contributed by atoms with van der Waals surface area (Å²) >= 11 is 7.25. The van der Waals surface area contributed by atoms with E-state index in [-0.39, 0.29) is 0 Å². The molecule has 11 heteroatoms. The second kappa shape index (κ2) is 12.0. The fourth-order valence-electron chi connectivity index (χ4n) is 5.23. The summed E-state index contributed by atoms with van der Waals surface area (Å²) in [6.07, 6.45) is 0.102. The van der Waals surface area contributed by atoms with Crippen LogP contribution in [0, 0.1) is 17.8 Å². The van der Waals surface area contributed by atoms with Gasteiger partial charge < -0.3 is 39.3 Å². The molecule has 1 saturated heterocycles. The van der Waals surface area contributed by atoms with E-state index in [2.05, 4.69) is 55.1 Å². The van der Waals surface area contributed by atoms with Gasteiger partial charge in [-0.15, -0.1) is 6.58 Å². The van der Waals surface area contributed by atoms with Crippen molar-refractivity contribution in [2.45, 2.75) is 63.3 Å². The van der Waals surface area contributed by atoms with Crippen molar-refractivity contribution in [3.63, 3.8) is 0 Å². The number of carbonyl (C=O) groups is 1. The third-order valence-electron chi connectivity index (χ3n) is 7.28. The summed E-state index contributed by atoms with van der Waals surface area (Å²) < 4.78 is 23.7. The minimum absolute atomic E-state index is 0.301. The monoisotopic (exact) mass is 645 g/mol. The van der Waals surface area contributed by atoms with E-state index in [4.69, 9.17) is 14.2 Å². The lowest BCUT2D eigenvalue weighted by atomic mass is 9.99. The maximum Gasteiger partial charge on any atom is 0.337 e. The van der Waals surface area contributed by atoms with Gasteiger partial charge in [-0.3, -0.25) is 0 Å². The van der Waals surface area contributed by atoms with Crippen molar-refractivity contribution in [3.8, 4) is 11.5 Å². The summed E-state index contributed by atoms with van der Waals surface area (Å²) in [5.74, 6) is 1.82. The number of ether oxygens (including phenoxy) is 4. The molecule has 4 N–H and O–H groups in total. The Balaban J connectivity index is 1.54. The number of allylic oxidation sites excluding steroid dienone is 1. The first-order valence-corrected chi connectivity index (χ1v) is 14.0. The zero-order valence-electron chi connectivity index (χ0n) is 20.7. The number of esters is 1. The number of nitrogens with one attached hydrogen (secondary N) is 1. The largest absolute Gasteiger partial charge is 0.491 e. The van der Waals surface area contributed by atoms with E-state index in [1.807, 2.05) is 12.1 Å². The third kappa shape index (κ3) is 5.72. The molecule has 1 aromatic heterocycles. The number of fused-ring (bicyclic) bond motifs is 1. The van der Waals surface area contributed by atoms with Gasteiger partial charge >= 0.3 is 5.97 Å². The summed E-state index contributed by atoms with van der Waals surface area (Å²) in [6.45, 7) is 6.64. The molecular formula is C26H33Br2NO8. The molecular weight excluding hydrogens is 614 g/mol. The number of rotatable bonds is 11. The van der Waals surface area contributed by atoms with Crippen LogP contribution in [0.25, 0.3) is 10.9 Å². The lowest BCUT2D eigenvalue weighted by Gasteiger charge is -2.38. The van der Waals surface area contributed by atoms with E-state index in [0.29, 0.717) is 45.7 Å². The van der Waals surface area contributed by atoms with E-state index in [9.17, 15) is 20.1 Å². The summed E-state index contributed by atoms with van der Waals surface area (Å²) in [6, 6.07) is 1.86. The third-order valence-corrected chi connectivity index (χ3v) is 8.63. The number of halogens is 2. The highest BCUT2D eigenvalue weighted by atomic mass is 79.9. The summed E-state index contributed by atoms with van der Waals surface area (Å²) in [7, 11) is 1.13. The number of aliphatic hydroxyl groups is 3. The Morgan fingerprint density at radius 3 is 2.57 bits per heavy atom. The van der Waals surface area contributed by atoms with Crippen LogP contribution in [-0.2, 0) is 14.3 Å². The van der Waals surface area contributed by atoms with Gasteiger partial charge in [-0.1, -0.05) is 25.8 Å². The van der Waals surface area contributed by atoms with Gasteiger partial charge in [-0.25, -0.2) is 4.79 Å². The molecule has 1 aliphatic heterocycles. The van der Waals surface area contributed by atoms with Crippen LogP contribution < -0.4 is 9.47 Å². The molecule has 0 unspecified atom stereocenters. The number of methoxy groups -OCH3 is 1. The first-order chi connectivity index (χ1) is 17.7. The van der Waals surface area contributed by atoms with Crippen LogP contribution in [0.1, 0.15) is 32.6 Å². The molecule has 2 aliphatic rings. The van der Waals surface area contributed by atoms with Gasteiger partial charge in [0.1, 0.15) is 29.8 Å². The highest BCUT2D eigenvalue weighted by molar-refractivity contribution is 9.11. The van der Waals surface area contributed by atoms with Crippen LogP contribution in [0.4, 0.5) is 0 Å². The van der Waals surface area contributed by atoms with Crippen molar-refractivity contribution in [3.05, 3.63) is 33.9 Å². The van der Waals surface area contributed by atoms with Crippen LogP contribution in [0.15, 0.2) is 33.9 Å². The zero-order valence-corrected chi connectivity index (χ0v) is 23.9. The molecule has 0 spiro atoms. The van der Waals surface area contributed by atoms with Crippen molar-refractivity contribution in [1.82, 2.24) is 4.98 Å². The van der Waals surface area contributed by atoms with Gasteiger partial charge in [0.15, 0.2) is 6.10 Å². The molecule has 204 valence electrons. The minimum atomic E-state index is -1.67. The highest BCUT2D eigenvalue weighted by Gasteiger charge is 2.49. The SMILES string of the molecule is C=CCC[C@@H]1[C@H](CCC)[C@@H]1COc1c(Br)cc2[nH]cc(O[C@@H]3O[C@H](C(=O)OC)[C@@H](O)[C@H](O)[C@H]3O)c2c1Br. The maximum absolute atomic E-state index is 12.0. The Labute approximate surface area is 232 Å². The minimum Gasteiger partial charge on any atom is -0.491 e. The van der Waals surface area contributed by atoms with Gasteiger partial charge in [0.2, 0.25) is 6.29 Å². The lowest BCUT2D eigenvalue weighted by molar-refractivity contribution is -0.271. The Morgan fingerprint density at radius 1 is 1.16 bits per heavy atom. The van der Waals surface area contributed by atoms with Crippen molar-refractivity contribution < 1.29 is 39.1 Å². The van der Waals surface area contributed by atoms with Gasteiger partial charge in [-0.05, 0) is 68.5 Å². The molecule has 2 fully saturated rings. The average Bonchev–Trinajstić information content (AvgIpc) is 3.37. The first kappa shape index (κ1) is 28.4. The fraction of sp³-hybridized carbons (Fsp3) is 0.577. The number of aliphatic hydroxyl groups excluding tert-OH is 3. The number of aromatic amines is 1. The lowest BCUT2D eigenvalue weighted by Crippen LogP contribution is -2.61. The fourth-order valence-corrected chi connectivity index (χ4v) is 6.77. The van der Waals surface area contributed by atoms with E-state index in [1.165, 1.54) is 6.42 Å². The van der Waals surface area contributed by atoms with Crippen LogP contribution in [0.3, 0.4) is 0 Å². The summed E-state index contributed by atoms with van der Waals surface area (Å²) in [4.78, 5) is 15.1. The maximum atomic E-state index is 12.0. The second-order valence-corrected chi connectivity index (χ2v) is 11.2. The number of carbonyl (C=O) groups excluding carboxylic acids is 1. The van der Waals surface area contributed by atoms with Crippen molar-refractivity contribution in [2.24, 2.45) is 17.8 Å². The Hall–Kier alpha value is -1.63. The van der Waals surface area contributed by atoms with E-state index in [0.717, 1.165) is 36.4 Å². The molecule has 37 heavy (non-hydrogen) atoms. The van der Waals surface area contributed by atoms with Gasteiger partial charge in [0.05, 0.1) is 33.6 Å². The van der Waals surface area contributed by atoms with E-state index < -0.39 is 36.7 Å². The molecule has 0 radical (unpaired) electrons. The number of hydrogen-bond donors (Lipinski definition) is 4. The van der Waals surface area contributed by atoms with E-state index in [1.54, 1.807) is 6.20 Å². The number of aromatic nitrogens is 1. The summed E-state index contributed by atoms with van der Waals surface area (Å²) in [5.41, 5.74) is 0.718. The normalized spacial score (nSPS) is 31.2. The highest BCUT2D eigenvalue weighted by Crippen LogP contribution is 2.53. The molecule has 2 heterocycles. The smallest absolute Gasteiger partial charge is 0.337 e. The second-order valence-electron chi connectivity index (χ2n) is 9.57. The van der Waals surface area contributed by atoms with Crippen LogP contribution in [0.2, 0.25) is 0 Å². The van der Waals surface area contributed by atoms with Crippen LogP contribution in [0.5, 0.6) is 11.5 Å². The molecule has 0 bridgehead atoms. The van der Waals surface area contributed by atoms with Gasteiger partial charge in [-0.2, -0.15) is 0 Å². The van der Waals surface area contributed by atoms with Gasteiger partial charge in [0.25, 0.3) is 0 Å². The molecule has 9 nitrogen and oxygen atoms in total. The van der Waals surface area contributed by atoms with Crippen molar-refractivity contribution >= 4 is 48.7 Å². The molecule has 1 aromatic carbocycles. The Morgan fingerprint density at radius 2 is 1.89 bits per heavy atom. The van der Waals surface area contributed by atoms with Crippen LogP contribution >= 0.6 is 31.9 Å².